The van der Waals surface area contributed by atoms with Gasteiger partial charge in [-0.2, -0.15) is 0 Å². The molecule has 0 saturated heterocycles. The van der Waals surface area contributed by atoms with E-state index < -0.39 is 5.97 Å². The van der Waals surface area contributed by atoms with Gasteiger partial charge in [-0.25, -0.2) is 0 Å². The third-order valence-corrected chi connectivity index (χ3v) is 2.33. The Balaban J connectivity index is 2.98. The zero-order chi connectivity index (χ0) is 12.1. The predicted octanol–water partition coefficient (Wildman–Crippen LogP) is 3.95. The van der Waals surface area contributed by atoms with Crippen molar-refractivity contribution in [3.63, 3.8) is 0 Å². The van der Waals surface area contributed by atoms with E-state index in [-0.39, 0.29) is 6.42 Å². The summed E-state index contributed by atoms with van der Waals surface area (Å²) >= 11 is 11.6. The summed E-state index contributed by atoms with van der Waals surface area (Å²) in [6.07, 6.45) is 0.511. The largest absolute Gasteiger partial charge is 0.481 e. The van der Waals surface area contributed by atoms with Gasteiger partial charge in [0.2, 0.25) is 0 Å². The zero-order valence-electron chi connectivity index (χ0n) is 8.70. The van der Waals surface area contributed by atoms with Gasteiger partial charge < -0.3 is 5.11 Å². The number of hydrogen-bond donors (Lipinski definition) is 1. The molecule has 0 aliphatic rings. The molecule has 1 rings (SSSR count). The minimum atomic E-state index is -0.895. The van der Waals surface area contributed by atoms with Gasteiger partial charge in [0.15, 0.2) is 0 Å². The minimum Gasteiger partial charge on any atom is -0.481 e. The summed E-state index contributed by atoms with van der Waals surface area (Å²) < 4.78 is 0. The highest BCUT2D eigenvalue weighted by atomic mass is 35.5. The Morgan fingerprint density at radius 3 is 2.31 bits per heavy atom. The molecule has 0 atom stereocenters. The molecule has 0 radical (unpaired) electrons. The molecule has 86 valence electrons. The van der Waals surface area contributed by atoms with Crippen LogP contribution in [0.25, 0.3) is 0 Å². The number of halogens is 2. The van der Waals surface area contributed by atoms with Crippen LogP contribution in [-0.4, -0.2) is 16.8 Å². The number of hydrogen-bond acceptors (Lipinski definition) is 2. The van der Waals surface area contributed by atoms with Crippen LogP contribution in [0, 0.1) is 0 Å². The van der Waals surface area contributed by atoms with Crippen molar-refractivity contribution in [1.82, 2.24) is 0 Å². The molecule has 5 heteroatoms. The Labute approximate surface area is 104 Å². The molecule has 0 saturated carbocycles. The van der Waals surface area contributed by atoms with Gasteiger partial charge in [-0.05, 0) is 24.6 Å². The van der Waals surface area contributed by atoms with Crippen molar-refractivity contribution in [2.45, 2.75) is 19.8 Å². The fourth-order valence-corrected chi connectivity index (χ4v) is 1.72. The molecular weight excluding hydrogens is 249 g/mol. The maximum Gasteiger partial charge on any atom is 0.309 e. The fourth-order valence-electron chi connectivity index (χ4n) is 1.20. The molecule has 1 aromatic carbocycles. The SMILES string of the molecule is CCC(CC(=O)O)=Nc1cc(Cl)cc(Cl)c1. The molecule has 16 heavy (non-hydrogen) atoms. The van der Waals surface area contributed by atoms with Crippen molar-refractivity contribution < 1.29 is 9.90 Å². The van der Waals surface area contributed by atoms with E-state index in [2.05, 4.69) is 4.99 Å². The maximum absolute atomic E-state index is 10.6. The smallest absolute Gasteiger partial charge is 0.309 e. The molecule has 0 aliphatic carbocycles. The Kier molecular flexibility index (Phi) is 4.77. The quantitative estimate of drug-likeness (QED) is 0.833. The van der Waals surface area contributed by atoms with Gasteiger partial charge in [-0.3, -0.25) is 9.79 Å². The van der Waals surface area contributed by atoms with Gasteiger partial charge in [0.05, 0.1) is 12.1 Å². The normalized spacial score (nSPS) is 11.6. The summed E-state index contributed by atoms with van der Waals surface area (Å²) in [5.74, 6) is -0.895. The van der Waals surface area contributed by atoms with E-state index in [1.54, 1.807) is 18.2 Å². The molecule has 0 heterocycles. The first-order chi connectivity index (χ1) is 7.51. The maximum atomic E-state index is 10.6. The Hall–Kier alpha value is -1.06. The van der Waals surface area contributed by atoms with Crippen LogP contribution in [0.15, 0.2) is 23.2 Å². The minimum absolute atomic E-state index is 0.0688. The molecule has 0 aromatic heterocycles. The molecule has 1 aromatic rings. The van der Waals surface area contributed by atoms with Crippen molar-refractivity contribution >= 4 is 40.6 Å². The van der Waals surface area contributed by atoms with E-state index in [1.165, 1.54) is 0 Å². The van der Waals surface area contributed by atoms with E-state index in [4.69, 9.17) is 28.3 Å². The average molecular weight is 260 g/mol. The molecule has 0 unspecified atom stereocenters. The van der Waals surface area contributed by atoms with Crippen LogP contribution < -0.4 is 0 Å². The Bertz CT molecular complexity index is 410. The molecule has 0 aliphatic heterocycles. The first-order valence-electron chi connectivity index (χ1n) is 4.75. The Morgan fingerprint density at radius 1 is 1.31 bits per heavy atom. The lowest BCUT2D eigenvalue weighted by Crippen LogP contribution is -2.05. The highest BCUT2D eigenvalue weighted by molar-refractivity contribution is 6.35. The van der Waals surface area contributed by atoms with E-state index in [0.717, 1.165) is 0 Å². The highest BCUT2D eigenvalue weighted by Gasteiger charge is 2.04. The van der Waals surface area contributed by atoms with E-state index in [0.29, 0.717) is 27.9 Å². The van der Waals surface area contributed by atoms with Crippen LogP contribution >= 0.6 is 23.2 Å². The molecule has 1 N–H and O–H groups in total. The summed E-state index contributed by atoms with van der Waals surface area (Å²) in [4.78, 5) is 14.8. The number of rotatable bonds is 4. The monoisotopic (exact) mass is 259 g/mol. The topological polar surface area (TPSA) is 49.7 Å². The van der Waals surface area contributed by atoms with Gasteiger partial charge in [0, 0.05) is 15.8 Å². The number of aliphatic imine (C=N–C) groups is 1. The number of aliphatic carboxylic acids is 1. The van der Waals surface area contributed by atoms with Gasteiger partial charge in [-0.1, -0.05) is 30.1 Å². The second kappa shape index (κ2) is 5.87. The first-order valence-corrected chi connectivity index (χ1v) is 5.51. The Morgan fingerprint density at radius 2 is 1.88 bits per heavy atom. The van der Waals surface area contributed by atoms with E-state index >= 15 is 0 Å². The number of carbonyl (C=O) groups is 1. The van der Waals surface area contributed by atoms with Crippen molar-refractivity contribution in [3.8, 4) is 0 Å². The van der Waals surface area contributed by atoms with Crippen molar-refractivity contribution in [2.75, 3.05) is 0 Å². The number of carboxylic acid groups (broad SMARTS) is 1. The molecule has 0 amide bonds. The zero-order valence-corrected chi connectivity index (χ0v) is 10.2. The van der Waals surface area contributed by atoms with Crippen molar-refractivity contribution in [3.05, 3.63) is 28.2 Å². The summed E-state index contributed by atoms with van der Waals surface area (Å²) in [6.45, 7) is 1.86. The first kappa shape index (κ1) is 13.0. The number of benzene rings is 1. The predicted molar refractivity (Wildman–Crippen MR) is 66.1 cm³/mol. The molecule has 0 bridgehead atoms. The molecule has 0 fully saturated rings. The summed E-state index contributed by atoms with van der Waals surface area (Å²) in [5.41, 5.74) is 1.17. The average Bonchev–Trinajstić information content (AvgIpc) is 2.14. The third kappa shape index (κ3) is 4.21. The van der Waals surface area contributed by atoms with Crippen LogP contribution in [0.2, 0.25) is 10.0 Å². The number of carboxylic acids is 1. The summed E-state index contributed by atoms with van der Waals surface area (Å²) in [6, 6.07) is 4.89. The molecular formula is C11H11Cl2NO2. The van der Waals surface area contributed by atoms with Gasteiger partial charge in [-0.15, -0.1) is 0 Å². The van der Waals surface area contributed by atoms with Crippen molar-refractivity contribution in [1.29, 1.82) is 0 Å². The lowest BCUT2D eigenvalue weighted by atomic mass is 10.2. The standard InChI is InChI=1S/C11H11Cl2NO2/c1-2-9(6-11(15)16)14-10-4-7(12)3-8(13)5-10/h3-5H,2,6H2,1H3,(H,15,16). The molecule has 3 nitrogen and oxygen atoms in total. The van der Waals surface area contributed by atoms with Gasteiger partial charge in [0.25, 0.3) is 0 Å². The molecule has 0 spiro atoms. The summed E-state index contributed by atoms with van der Waals surface area (Å²) in [5, 5.41) is 9.64. The fraction of sp³-hybridized carbons (Fsp3) is 0.273. The number of nitrogens with zero attached hydrogens (tertiary/aromatic N) is 1. The lowest BCUT2D eigenvalue weighted by molar-refractivity contribution is -0.135. The van der Waals surface area contributed by atoms with Crippen LogP contribution in [0.3, 0.4) is 0 Å². The van der Waals surface area contributed by atoms with E-state index in [9.17, 15) is 4.79 Å². The lowest BCUT2D eigenvalue weighted by Gasteiger charge is -2.02. The van der Waals surface area contributed by atoms with Gasteiger partial charge >= 0.3 is 5.97 Å². The highest BCUT2D eigenvalue weighted by Crippen LogP contribution is 2.25. The van der Waals surface area contributed by atoms with Crippen LogP contribution in [0.4, 0.5) is 5.69 Å². The van der Waals surface area contributed by atoms with Crippen LogP contribution in [0.1, 0.15) is 19.8 Å². The van der Waals surface area contributed by atoms with Crippen molar-refractivity contribution in [2.24, 2.45) is 4.99 Å². The summed E-state index contributed by atoms with van der Waals surface area (Å²) in [7, 11) is 0. The van der Waals surface area contributed by atoms with E-state index in [1.807, 2.05) is 6.92 Å². The third-order valence-electron chi connectivity index (χ3n) is 1.90. The van der Waals surface area contributed by atoms with Crippen LogP contribution in [0.5, 0.6) is 0 Å². The van der Waals surface area contributed by atoms with Crippen LogP contribution in [-0.2, 0) is 4.79 Å². The van der Waals surface area contributed by atoms with Gasteiger partial charge in [0.1, 0.15) is 0 Å². The second-order valence-corrected chi connectivity index (χ2v) is 4.10. The second-order valence-electron chi connectivity index (χ2n) is 3.23.